The standard InChI is InChI=1S/C14H30N2/c1-11(2)14(5)15-6-7-16-9-12(3)8-13(4)10-16/h11-15H,6-10H2,1-5H3. The van der Waals surface area contributed by atoms with E-state index in [1.165, 1.54) is 26.1 Å². The number of hydrogen-bond acceptors (Lipinski definition) is 2. The lowest BCUT2D eigenvalue weighted by Crippen LogP contribution is -2.43. The number of hydrogen-bond donors (Lipinski definition) is 1. The topological polar surface area (TPSA) is 15.3 Å². The average Bonchev–Trinajstić information content (AvgIpc) is 2.15. The van der Waals surface area contributed by atoms with Crippen LogP contribution < -0.4 is 5.32 Å². The van der Waals surface area contributed by atoms with Gasteiger partial charge in [0, 0.05) is 32.2 Å². The number of likely N-dealkylation sites (tertiary alicyclic amines) is 1. The van der Waals surface area contributed by atoms with Crippen LogP contribution in [0.1, 0.15) is 41.0 Å². The first-order valence-corrected chi connectivity index (χ1v) is 6.94. The largest absolute Gasteiger partial charge is 0.313 e. The van der Waals surface area contributed by atoms with E-state index in [-0.39, 0.29) is 0 Å². The minimum Gasteiger partial charge on any atom is -0.313 e. The van der Waals surface area contributed by atoms with Crippen molar-refractivity contribution in [2.24, 2.45) is 17.8 Å². The zero-order valence-electron chi connectivity index (χ0n) is 11.8. The van der Waals surface area contributed by atoms with Crippen molar-refractivity contribution in [2.75, 3.05) is 26.2 Å². The van der Waals surface area contributed by atoms with Crippen LogP contribution in [0.2, 0.25) is 0 Å². The molecule has 3 atom stereocenters. The summed E-state index contributed by atoms with van der Waals surface area (Å²) in [7, 11) is 0. The number of rotatable bonds is 5. The highest BCUT2D eigenvalue weighted by atomic mass is 15.1. The zero-order valence-corrected chi connectivity index (χ0v) is 11.8. The monoisotopic (exact) mass is 226 g/mol. The molecule has 1 N–H and O–H groups in total. The summed E-state index contributed by atoms with van der Waals surface area (Å²) in [6.07, 6.45) is 1.41. The van der Waals surface area contributed by atoms with Crippen LogP contribution >= 0.6 is 0 Å². The van der Waals surface area contributed by atoms with Gasteiger partial charge in [0.05, 0.1) is 0 Å². The van der Waals surface area contributed by atoms with Gasteiger partial charge in [-0.3, -0.25) is 0 Å². The fourth-order valence-electron chi connectivity index (χ4n) is 2.66. The van der Waals surface area contributed by atoms with E-state index in [9.17, 15) is 0 Å². The molecule has 0 aliphatic carbocycles. The van der Waals surface area contributed by atoms with Crippen molar-refractivity contribution in [3.63, 3.8) is 0 Å². The first kappa shape index (κ1) is 14.0. The van der Waals surface area contributed by atoms with Gasteiger partial charge in [-0.2, -0.15) is 0 Å². The highest BCUT2D eigenvalue weighted by molar-refractivity contribution is 4.75. The molecule has 2 nitrogen and oxygen atoms in total. The first-order valence-electron chi connectivity index (χ1n) is 6.94. The molecule has 1 heterocycles. The number of nitrogens with zero attached hydrogens (tertiary/aromatic N) is 1. The zero-order chi connectivity index (χ0) is 12.1. The fourth-order valence-corrected chi connectivity index (χ4v) is 2.66. The summed E-state index contributed by atoms with van der Waals surface area (Å²) >= 11 is 0. The lowest BCUT2D eigenvalue weighted by Gasteiger charge is -2.35. The smallest absolute Gasteiger partial charge is 0.0107 e. The fraction of sp³-hybridized carbons (Fsp3) is 1.00. The number of piperidine rings is 1. The quantitative estimate of drug-likeness (QED) is 0.775. The molecule has 1 aliphatic rings. The summed E-state index contributed by atoms with van der Waals surface area (Å²) < 4.78 is 0. The lowest BCUT2D eigenvalue weighted by molar-refractivity contribution is 0.140. The van der Waals surface area contributed by atoms with Crippen LogP contribution in [-0.2, 0) is 0 Å². The van der Waals surface area contributed by atoms with Gasteiger partial charge in [-0.15, -0.1) is 0 Å². The van der Waals surface area contributed by atoms with Crippen molar-refractivity contribution in [2.45, 2.75) is 47.1 Å². The van der Waals surface area contributed by atoms with Crippen molar-refractivity contribution in [1.29, 1.82) is 0 Å². The van der Waals surface area contributed by atoms with E-state index in [0.717, 1.165) is 24.3 Å². The molecular formula is C14H30N2. The summed E-state index contributed by atoms with van der Waals surface area (Å²) in [5.74, 6) is 2.50. The van der Waals surface area contributed by atoms with E-state index in [4.69, 9.17) is 0 Å². The van der Waals surface area contributed by atoms with Gasteiger partial charge in [0.15, 0.2) is 0 Å². The van der Waals surface area contributed by atoms with Crippen LogP contribution in [0.15, 0.2) is 0 Å². The maximum Gasteiger partial charge on any atom is 0.0107 e. The molecule has 1 saturated heterocycles. The second-order valence-corrected chi connectivity index (χ2v) is 6.19. The summed E-state index contributed by atoms with van der Waals surface area (Å²) in [6, 6.07) is 0.639. The van der Waals surface area contributed by atoms with Gasteiger partial charge in [0.1, 0.15) is 0 Å². The van der Waals surface area contributed by atoms with E-state index in [1.54, 1.807) is 0 Å². The van der Waals surface area contributed by atoms with Gasteiger partial charge in [-0.25, -0.2) is 0 Å². The molecule has 0 saturated carbocycles. The maximum atomic E-state index is 3.62. The molecule has 96 valence electrons. The van der Waals surface area contributed by atoms with Crippen molar-refractivity contribution in [1.82, 2.24) is 10.2 Å². The van der Waals surface area contributed by atoms with Gasteiger partial charge >= 0.3 is 0 Å². The third-order valence-corrected chi connectivity index (χ3v) is 3.84. The molecule has 16 heavy (non-hydrogen) atoms. The van der Waals surface area contributed by atoms with Gasteiger partial charge in [-0.1, -0.05) is 27.7 Å². The molecule has 0 aromatic carbocycles. The molecule has 1 fully saturated rings. The molecular weight excluding hydrogens is 196 g/mol. The summed E-state index contributed by atoms with van der Waals surface area (Å²) in [6.45, 7) is 16.5. The maximum absolute atomic E-state index is 3.62. The molecule has 0 aromatic rings. The SMILES string of the molecule is CC1CC(C)CN(CCNC(C)C(C)C)C1. The highest BCUT2D eigenvalue weighted by Crippen LogP contribution is 2.20. The van der Waals surface area contributed by atoms with E-state index < -0.39 is 0 Å². The van der Waals surface area contributed by atoms with E-state index in [2.05, 4.69) is 44.8 Å². The Bertz CT molecular complexity index is 181. The Labute approximate surface area is 102 Å². The minimum absolute atomic E-state index is 0.639. The van der Waals surface area contributed by atoms with Crippen molar-refractivity contribution < 1.29 is 0 Å². The van der Waals surface area contributed by atoms with Gasteiger partial charge < -0.3 is 10.2 Å². The first-order chi connectivity index (χ1) is 7.49. The molecule has 0 spiro atoms. The Morgan fingerprint density at radius 2 is 1.69 bits per heavy atom. The van der Waals surface area contributed by atoms with E-state index in [0.29, 0.717) is 6.04 Å². The molecule has 0 aromatic heterocycles. The molecule has 3 unspecified atom stereocenters. The Hall–Kier alpha value is -0.0800. The van der Waals surface area contributed by atoms with Gasteiger partial charge in [0.25, 0.3) is 0 Å². The second-order valence-electron chi connectivity index (χ2n) is 6.19. The second kappa shape index (κ2) is 6.61. The third-order valence-electron chi connectivity index (χ3n) is 3.84. The lowest BCUT2D eigenvalue weighted by atomic mass is 9.92. The normalized spacial score (nSPS) is 29.6. The third kappa shape index (κ3) is 4.84. The molecule has 2 heteroatoms. The van der Waals surface area contributed by atoms with Crippen LogP contribution in [0.3, 0.4) is 0 Å². The molecule has 0 radical (unpaired) electrons. The average molecular weight is 226 g/mol. The molecule has 1 aliphatic heterocycles. The van der Waals surface area contributed by atoms with Gasteiger partial charge in [-0.05, 0) is 31.1 Å². The van der Waals surface area contributed by atoms with Crippen LogP contribution in [0.5, 0.6) is 0 Å². The van der Waals surface area contributed by atoms with Crippen molar-refractivity contribution >= 4 is 0 Å². The predicted octanol–water partition coefficient (Wildman–Crippen LogP) is 2.60. The van der Waals surface area contributed by atoms with Crippen molar-refractivity contribution in [3.05, 3.63) is 0 Å². The Kier molecular flexibility index (Phi) is 5.77. The predicted molar refractivity (Wildman–Crippen MR) is 71.7 cm³/mol. The molecule has 1 rings (SSSR count). The molecule has 0 bridgehead atoms. The Balaban J connectivity index is 2.17. The summed E-state index contributed by atoms with van der Waals surface area (Å²) in [4.78, 5) is 2.62. The number of nitrogens with one attached hydrogen (secondary N) is 1. The van der Waals surface area contributed by atoms with Gasteiger partial charge in [0.2, 0.25) is 0 Å². The van der Waals surface area contributed by atoms with E-state index >= 15 is 0 Å². The van der Waals surface area contributed by atoms with Crippen LogP contribution in [0.25, 0.3) is 0 Å². The summed E-state index contributed by atoms with van der Waals surface area (Å²) in [5.41, 5.74) is 0. The van der Waals surface area contributed by atoms with Crippen LogP contribution in [-0.4, -0.2) is 37.1 Å². The van der Waals surface area contributed by atoms with Crippen molar-refractivity contribution in [3.8, 4) is 0 Å². The van der Waals surface area contributed by atoms with E-state index in [1.807, 2.05) is 0 Å². The van der Waals surface area contributed by atoms with Crippen LogP contribution in [0.4, 0.5) is 0 Å². The highest BCUT2D eigenvalue weighted by Gasteiger charge is 2.21. The molecule has 0 amide bonds. The van der Waals surface area contributed by atoms with Crippen LogP contribution in [0, 0.1) is 17.8 Å². The summed E-state index contributed by atoms with van der Waals surface area (Å²) in [5, 5.41) is 3.62. The minimum atomic E-state index is 0.639. The Morgan fingerprint density at radius 3 is 2.19 bits per heavy atom. The Morgan fingerprint density at radius 1 is 1.12 bits per heavy atom.